The van der Waals surface area contributed by atoms with Crippen LogP contribution in [-0.4, -0.2) is 40.5 Å². The van der Waals surface area contributed by atoms with Gasteiger partial charge in [0.15, 0.2) is 19.8 Å². The summed E-state index contributed by atoms with van der Waals surface area (Å²) in [4.78, 5) is 12.9. The van der Waals surface area contributed by atoms with Crippen molar-refractivity contribution in [2.24, 2.45) is 5.92 Å². The van der Waals surface area contributed by atoms with E-state index in [1.807, 2.05) is 4.57 Å². The van der Waals surface area contributed by atoms with Crippen molar-refractivity contribution >= 4 is 36.9 Å². The van der Waals surface area contributed by atoms with Gasteiger partial charge >= 0.3 is 6.18 Å². The van der Waals surface area contributed by atoms with Crippen LogP contribution in [-0.2, 0) is 17.1 Å². The molecule has 1 aliphatic carbocycles. The Hall–Kier alpha value is -2.17. The molecule has 2 atom stereocenters. The smallest absolute Gasteiger partial charge is 0.414 e. The number of unbranched alkanes of at least 4 members (excludes halogenated alkanes) is 1. The molecule has 4 rings (SSSR count). The van der Waals surface area contributed by atoms with Crippen LogP contribution < -0.4 is 5.32 Å². The van der Waals surface area contributed by atoms with Gasteiger partial charge in [-0.2, -0.15) is 23.1 Å². The Kier molecular flexibility index (Phi) is 8.45. The summed E-state index contributed by atoms with van der Waals surface area (Å²) < 4.78 is 47.2. The van der Waals surface area contributed by atoms with Gasteiger partial charge in [-0.15, -0.1) is 0 Å². The van der Waals surface area contributed by atoms with E-state index in [9.17, 15) is 13.2 Å². The van der Waals surface area contributed by atoms with E-state index < -0.39 is 20.1 Å². The largest absolute Gasteiger partial charge is 0.416 e. The topological polar surface area (TPSA) is 64.9 Å². The first-order chi connectivity index (χ1) is 17.7. The number of imidazole rings is 1. The van der Waals surface area contributed by atoms with Crippen molar-refractivity contribution < 1.29 is 17.6 Å². The fourth-order valence-corrected chi connectivity index (χ4v) is 6.09. The molecule has 2 aromatic heterocycles. The Morgan fingerprint density at radius 2 is 1.79 bits per heavy atom. The summed E-state index contributed by atoms with van der Waals surface area (Å²) in [5.41, 5.74) is 1.16. The highest BCUT2D eigenvalue weighted by Crippen LogP contribution is 2.43. The van der Waals surface area contributed by atoms with Gasteiger partial charge in [0.2, 0.25) is 5.28 Å². The van der Waals surface area contributed by atoms with Gasteiger partial charge in [-0.3, -0.25) is 0 Å². The quantitative estimate of drug-likeness (QED) is 0.153. The van der Waals surface area contributed by atoms with Crippen molar-refractivity contribution in [3.8, 4) is 0 Å². The fourth-order valence-electron chi connectivity index (χ4n) is 4.51. The molecule has 0 aliphatic heterocycles. The summed E-state index contributed by atoms with van der Waals surface area (Å²) in [6, 6.07) is 5.12. The Morgan fingerprint density at radius 1 is 1.08 bits per heavy atom. The minimum Gasteiger partial charge on any atom is -0.414 e. The first kappa shape index (κ1) is 28.8. The highest BCUT2D eigenvalue weighted by Gasteiger charge is 2.43. The molecule has 1 N–H and O–H groups in total. The van der Waals surface area contributed by atoms with E-state index in [1.165, 1.54) is 18.6 Å². The van der Waals surface area contributed by atoms with Crippen molar-refractivity contribution in [1.29, 1.82) is 0 Å². The van der Waals surface area contributed by atoms with Crippen molar-refractivity contribution in [1.82, 2.24) is 19.5 Å². The van der Waals surface area contributed by atoms with Gasteiger partial charge in [0.1, 0.15) is 5.52 Å². The molecule has 208 valence electrons. The van der Waals surface area contributed by atoms with Gasteiger partial charge < -0.3 is 14.3 Å². The van der Waals surface area contributed by atoms with Crippen LogP contribution in [0.1, 0.15) is 64.0 Å². The average molecular weight is 568 g/mol. The second-order valence-electron chi connectivity index (χ2n) is 11.8. The highest BCUT2D eigenvalue weighted by molar-refractivity contribution is 6.74. The van der Waals surface area contributed by atoms with Gasteiger partial charge in [-0.05, 0) is 79.0 Å². The molecule has 0 radical (unpaired) electrons. The normalized spacial score (nSPS) is 18.6. The Balaban J connectivity index is 1.33. The maximum Gasteiger partial charge on any atom is 0.416 e. The Bertz CT molecular complexity index is 1240. The molecule has 38 heavy (non-hydrogen) atoms. The van der Waals surface area contributed by atoms with E-state index in [1.54, 1.807) is 6.33 Å². The number of benzene rings is 1. The maximum atomic E-state index is 12.9. The van der Waals surface area contributed by atoms with Crippen LogP contribution in [0.15, 0.2) is 30.6 Å². The second kappa shape index (κ2) is 11.1. The zero-order chi connectivity index (χ0) is 27.7. The van der Waals surface area contributed by atoms with Gasteiger partial charge in [-0.1, -0.05) is 39.3 Å². The number of nitrogens with one attached hydrogen (secondary N) is 1. The number of anilines is 1. The predicted molar refractivity (Wildman–Crippen MR) is 148 cm³/mol. The van der Waals surface area contributed by atoms with Gasteiger partial charge in [0, 0.05) is 19.2 Å². The van der Waals surface area contributed by atoms with Crippen molar-refractivity contribution in [2.45, 2.75) is 89.8 Å². The van der Waals surface area contributed by atoms with Crippen LogP contribution in [0.2, 0.25) is 23.4 Å². The SMILES string of the molecule is CC(C)(C)[Si](C)(C)OC1CCC1CCCCNc1nc(Cl)nc2ncn(Cc3ccc(C(F)(F)F)cc3)c12. The van der Waals surface area contributed by atoms with E-state index in [2.05, 4.69) is 54.1 Å². The van der Waals surface area contributed by atoms with E-state index in [0.29, 0.717) is 47.7 Å². The minimum absolute atomic E-state index is 0.0971. The summed E-state index contributed by atoms with van der Waals surface area (Å²) in [6.07, 6.45) is 3.24. The van der Waals surface area contributed by atoms with Gasteiger partial charge in [-0.25, -0.2) is 4.98 Å². The lowest BCUT2D eigenvalue weighted by atomic mass is 9.79. The van der Waals surface area contributed by atoms with E-state index in [4.69, 9.17) is 16.0 Å². The summed E-state index contributed by atoms with van der Waals surface area (Å²) >= 11 is 6.13. The molecule has 0 amide bonds. The summed E-state index contributed by atoms with van der Waals surface area (Å²) in [5, 5.41) is 3.70. The number of hydrogen-bond acceptors (Lipinski definition) is 5. The predicted octanol–water partition coefficient (Wildman–Crippen LogP) is 7.93. The molecule has 11 heteroatoms. The standard InChI is InChI=1S/C27H37ClF3N5OSi/c1-26(2,3)38(4,5)37-21-14-11-19(21)8-6-7-15-32-23-22-24(35-25(28)34-23)33-17-36(22)16-18-9-12-20(13-10-18)27(29,30)31/h9-10,12-13,17,19,21H,6-8,11,14-16H2,1-5H3,(H,32,34,35). The first-order valence-corrected chi connectivity index (χ1v) is 16.5. The van der Waals surface area contributed by atoms with E-state index in [-0.39, 0.29) is 10.3 Å². The van der Waals surface area contributed by atoms with Crippen LogP contribution in [0.4, 0.5) is 19.0 Å². The van der Waals surface area contributed by atoms with Gasteiger partial charge in [0.05, 0.1) is 11.9 Å². The average Bonchev–Trinajstić information content (AvgIpc) is 3.20. The number of nitrogens with zero attached hydrogens (tertiary/aromatic N) is 4. The lowest BCUT2D eigenvalue weighted by molar-refractivity contribution is -0.137. The molecular formula is C27H37ClF3N5OSi. The van der Waals surface area contributed by atoms with Crippen LogP contribution in [0, 0.1) is 5.92 Å². The van der Waals surface area contributed by atoms with E-state index in [0.717, 1.165) is 37.8 Å². The zero-order valence-electron chi connectivity index (χ0n) is 22.7. The maximum absolute atomic E-state index is 12.9. The van der Waals surface area contributed by atoms with Crippen LogP contribution >= 0.6 is 11.6 Å². The summed E-state index contributed by atoms with van der Waals surface area (Å²) in [7, 11) is -1.75. The van der Waals surface area contributed by atoms with Crippen molar-refractivity contribution in [3.05, 3.63) is 47.0 Å². The molecule has 0 spiro atoms. The van der Waals surface area contributed by atoms with E-state index >= 15 is 0 Å². The third-order valence-electron chi connectivity index (χ3n) is 7.97. The number of aromatic nitrogens is 4. The van der Waals surface area contributed by atoms with Crippen molar-refractivity contribution in [2.75, 3.05) is 11.9 Å². The third kappa shape index (κ3) is 6.69. The molecule has 0 saturated heterocycles. The molecular weight excluding hydrogens is 531 g/mol. The molecule has 2 unspecified atom stereocenters. The molecule has 1 fully saturated rings. The highest BCUT2D eigenvalue weighted by atomic mass is 35.5. The third-order valence-corrected chi connectivity index (χ3v) is 12.6. The van der Waals surface area contributed by atoms with Gasteiger partial charge in [0.25, 0.3) is 0 Å². The number of hydrogen-bond donors (Lipinski definition) is 1. The van der Waals surface area contributed by atoms with Crippen LogP contribution in [0.25, 0.3) is 11.2 Å². The molecule has 2 heterocycles. The minimum atomic E-state index is -4.36. The lowest BCUT2D eigenvalue weighted by Crippen LogP contribution is -2.48. The van der Waals surface area contributed by atoms with Crippen LogP contribution in [0.3, 0.4) is 0 Å². The molecule has 1 aliphatic rings. The molecule has 1 saturated carbocycles. The zero-order valence-corrected chi connectivity index (χ0v) is 24.5. The molecule has 0 bridgehead atoms. The Morgan fingerprint density at radius 3 is 2.39 bits per heavy atom. The first-order valence-electron chi connectivity index (χ1n) is 13.2. The van der Waals surface area contributed by atoms with Crippen molar-refractivity contribution in [3.63, 3.8) is 0 Å². The summed E-state index contributed by atoms with van der Waals surface area (Å²) in [5.74, 6) is 1.21. The fraction of sp³-hybridized carbons (Fsp3) is 0.593. The number of halogens is 4. The van der Waals surface area contributed by atoms with Crippen LogP contribution in [0.5, 0.6) is 0 Å². The number of alkyl halides is 3. The lowest BCUT2D eigenvalue weighted by Gasteiger charge is -2.46. The number of fused-ring (bicyclic) bond motifs is 1. The Labute approximate surface area is 228 Å². The molecule has 3 aromatic rings. The molecule has 1 aromatic carbocycles. The monoisotopic (exact) mass is 567 g/mol. The summed E-state index contributed by atoms with van der Waals surface area (Å²) in [6.45, 7) is 12.5. The second-order valence-corrected chi connectivity index (χ2v) is 16.9. The number of rotatable bonds is 10. The molecule has 6 nitrogen and oxygen atoms in total.